The lowest BCUT2D eigenvalue weighted by Gasteiger charge is -2.11. The second kappa shape index (κ2) is 4.31. The Labute approximate surface area is 120 Å². The van der Waals surface area contributed by atoms with Crippen molar-refractivity contribution in [3.8, 4) is 22.7 Å². The largest absolute Gasteiger partial charge is 0.401 e. The molecule has 0 saturated carbocycles. The van der Waals surface area contributed by atoms with E-state index in [-0.39, 0.29) is 5.63 Å². The molecule has 0 N–H and O–H groups in total. The first-order chi connectivity index (χ1) is 10.3. The van der Waals surface area contributed by atoms with E-state index in [4.69, 9.17) is 4.42 Å². The van der Waals surface area contributed by atoms with E-state index < -0.39 is 0 Å². The van der Waals surface area contributed by atoms with Crippen molar-refractivity contribution in [2.75, 3.05) is 0 Å². The van der Waals surface area contributed by atoms with Gasteiger partial charge in [0.05, 0.1) is 16.6 Å². The molecule has 2 aliphatic rings. The van der Waals surface area contributed by atoms with Gasteiger partial charge >= 0.3 is 5.63 Å². The monoisotopic (exact) mass is 276 g/mol. The van der Waals surface area contributed by atoms with Gasteiger partial charge in [-0.25, -0.2) is 9.78 Å². The zero-order valence-corrected chi connectivity index (χ0v) is 11.4. The summed E-state index contributed by atoms with van der Waals surface area (Å²) in [6.45, 7) is 0. The zero-order chi connectivity index (χ0) is 14.4. The topological polar surface area (TPSA) is 48.0 Å². The fraction of sp³-hybridized carbons (Fsp3) is 0.0588. The number of hydrogen-bond donors (Lipinski definition) is 0. The number of rotatable bonds is 1. The maximum atomic E-state index is 12.3. The van der Waals surface area contributed by atoms with Gasteiger partial charge in [-0.3, -0.25) is 0 Å². The molecule has 0 aromatic heterocycles. The van der Waals surface area contributed by atoms with Crippen LogP contribution in [0.2, 0.25) is 0 Å². The summed E-state index contributed by atoms with van der Waals surface area (Å²) in [5.41, 5.74) is 3.55. The molecule has 4 heteroatoms. The maximum Gasteiger partial charge on any atom is 0.347 e. The molecule has 0 unspecified atom stereocenters. The average Bonchev–Trinajstić information content (AvgIpc) is 2.85. The van der Waals surface area contributed by atoms with E-state index in [0.717, 1.165) is 22.3 Å². The van der Waals surface area contributed by atoms with Crippen LogP contribution in [0.1, 0.15) is 0 Å². The lowest BCUT2D eigenvalue weighted by molar-refractivity contribution is 0.529. The first-order valence-electron chi connectivity index (χ1n) is 6.69. The molecular weight excluding hydrogens is 264 g/mol. The highest BCUT2D eigenvalue weighted by Crippen LogP contribution is 2.32. The minimum absolute atomic E-state index is 0.352. The van der Waals surface area contributed by atoms with Gasteiger partial charge < -0.3 is 8.98 Å². The third-order valence-electron chi connectivity index (χ3n) is 3.70. The molecule has 0 bridgehead atoms. The van der Waals surface area contributed by atoms with Gasteiger partial charge in [0.15, 0.2) is 0 Å². The number of para-hydroxylation sites is 2. The van der Waals surface area contributed by atoms with Crippen LogP contribution >= 0.6 is 0 Å². The Bertz CT molecular complexity index is 967. The minimum atomic E-state index is -0.352. The zero-order valence-electron chi connectivity index (χ0n) is 11.4. The van der Waals surface area contributed by atoms with Crippen molar-refractivity contribution in [2.24, 2.45) is 7.05 Å². The van der Waals surface area contributed by atoms with Crippen molar-refractivity contribution >= 4 is 11.0 Å². The number of nitrogens with zero attached hydrogens (tertiary/aromatic N) is 2. The lowest BCUT2D eigenvalue weighted by Crippen LogP contribution is -2.03. The van der Waals surface area contributed by atoms with Gasteiger partial charge in [-0.2, -0.15) is 0 Å². The third kappa shape index (κ3) is 1.69. The first-order valence-corrected chi connectivity index (χ1v) is 6.69. The number of benzene rings is 2. The molecule has 2 aromatic rings. The molecule has 0 fully saturated rings. The Morgan fingerprint density at radius 3 is 2.52 bits per heavy atom. The van der Waals surface area contributed by atoms with Gasteiger partial charge in [-0.05, 0) is 17.7 Å². The van der Waals surface area contributed by atoms with Crippen molar-refractivity contribution in [1.29, 1.82) is 0 Å². The van der Waals surface area contributed by atoms with Crippen LogP contribution in [-0.4, -0.2) is 9.55 Å². The minimum Gasteiger partial charge on any atom is -0.401 e. The van der Waals surface area contributed by atoms with Gasteiger partial charge in [0.2, 0.25) is 5.89 Å². The Hall–Kier alpha value is -2.88. The van der Waals surface area contributed by atoms with E-state index in [1.54, 1.807) is 0 Å². The summed E-state index contributed by atoms with van der Waals surface area (Å²) in [7, 11) is 1.92. The molecule has 0 spiro atoms. The summed E-state index contributed by atoms with van der Waals surface area (Å²) in [6.07, 6.45) is 0. The van der Waals surface area contributed by atoms with Crippen LogP contribution in [-0.2, 0) is 7.05 Å². The Kier molecular flexibility index (Phi) is 2.44. The third-order valence-corrected chi connectivity index (χ3v) is 3.70. The molecule has 0 aliphatic carbocycles. The fourth-order valence-electron chi connectivity index (χ4n) is 2.71. The molecule has 0 radical (unpaired) electrons. The molecule has 0 atom stereocenters. The van der Waals surface area contributed by atoms with Crippen LogP contribution in [0.3, 0.4) is 0 Å². The average molecular weight is 276 g/mol. The molecule has 2 aromatic carbocycles. The van der Waals surface area contributed by atoms with Gasteiger partial charge in [0.1, 0.15) is 5.69 Å². The molecule has 2 heterocycles. The highest BCUT2D eigenvalue weighted by Gasteiger charge is 2.24. The van der Waals surface area contributed by atoms with Crippen molar-refractivity contribution in [3.63, 3.8) is 0 Å². The summed E-state index contributed by atoms with van der Waals surface area (Å²) in [6, 6.07) is 17.3. The molecule has 21 heavy (non-hydrogen) atoms. The molecule has 102 valence electrons. The van der Waals surface area contributed by atoms with E-state index in [1.165, 1.54) is 0 Å². The van der Waals surface area contributed by atoms with E-state index >= 15 is 0 Å². The number of fused-ring (bicyclic) bond motifs is 2. The van der Waals surface area contributed by atoms with Crippen LogP contribution in [0.5, 0.6) is 0 Å². The number of furan rings is 1. The standard InChI is InChI=1S/C17H12N2O2/c1-19-13-10-6-5-9-12(13)18-16-15(19)14(17(20)21-16)11-7-3-2-4-8-11/h2-10H,1H3. The SMILES string of the molecule is Cn1c2c(-c3ccccc3)c(=O)oc-2nc2ccccc21. The van der Waals surface area contributed by atoms with E-state index in [9.17, 15) is 4.79 Å². The molecule has 0 amide bonds. The Morgan fingerprint density at radius 2 is 1.71 bits per heavy atom. The van der Waals surface area contributed by atoms with Gasteiger partial charge in [0.25, 0.3) is 0 Å². The Morgan fingerprint density at radius 1 is 1.00 bits per heavy atom. The normalized spacial score (nSPS) is 11.3. The second-order valence-corrected chi connectivity index (χ2v) is 4.94. The number of aryl methyl sites for hydroxylation is 1. The highest BCUT2D eigenvalue weighted by atomic mass is 16.4. The predicted octanol–water partition coefficient (Wildman–Crippen LogP) is 3.30. The molecule has 0 saturated heterocycles. The number of aromatic nitrogens is 2. The number of hydrogen-bond acceptors (Lipinski definition) is 3. The quantitative estimate of drug-likeness (QED) is 0.536. The van der Waals surface area contributed by atoms with Gasteiger partial charge in [-0.1, -0.05) is 42.5 Å². The summed E-state index contributed by atoms with van der Waals surface area (Å²) in [4.78, 5) is 16.7. The first kappa shape index (κ1) is 11.9. The van der Waals surface area contributed by atoms with Crippen LogP contribution < -0.4 is 5.63 Å². The predicted molar refractivity (Wildman–Crippen MR) is 81.3 cm³/mol. The van der Waals surface area contributed by atoms with Crippen molar-refractivity contribution in [1.82, 2.24) is 9.55 Å². The van der Waals surface area contributed by atoms with Crippen molar-refractivity contribution < 1.29 is 4.42 Å². The van der Waals surface area contributed by atoms with E-state index in [0.29, 0.717) is 11.5 Å². The van der Waals surface area contributed by atoms with Crippen molar-refractivity contribution in [2.45, 2.75) is 0 Å². The molecular formula is C17H12N2O2. The van der Waals surface area contributed by atoms with Gasteiger partial charge in [0, 0.05) is 7.05 Å². The summed E-state index contributed by atoms with van der Waals surface area (Å²) in [5.74, 6) is 0.375. The maximum absolute atomic E-state index is 12.3. The second-order valence-electron chi connectivity index (χ2n) is 4.94. The fourth-order valence-corrected chi connectivity index (χ4v) is 2.71. The van der Waals surface area contributed by atoms with Crippen LogP contribution in [0.25, 0.3) is 33.7 Å². The van der Waals surface area contributed by atoms with Crippen LogP contribution in [0.15, 0.2) is 63.8 Å². The van der Waals surface area contributed by atoms with Crippen LogP contribution in [0, 0.1) is 0 Å². The van der Waals surface area contributed by atoms with Crippen molar-refractivity contribution in [3.05, 3.63) is 65.0 Å². The van der Waals surface area contributed by atoms with Gasteiger partial charge in [-0.15, -0.1) is 0 Å². The lowest BCUT2D eigenvalue weighted by atomic mass is 10.1. The summed E-state index contributed by atoms with van der Waals surface area (Å²) < 4.78 is 7.32. The Balaban J connectivity index is 2.17. The molecule has 2 aliphatic heterocycles. The molecule has 4 rings (SSSR count). The van der Waals surface area contributed by atoms with Crippen LogP contribution in [0.4, 0.5) is 0 Å². The highest BCUT2D eigenvalue weighted by molar-refractivity contribution is 5.85. The summed E-state index contributed by atoms with van der Waals surface area (Å²) >= 11 is 0. The smallest absolute Gasteiger partial charge is 0.347 e. The molecule has 4 nitrogen and oxygen atoms in total. The van der Waals surface area contributed by atoms with E-state index in [2.05, 4.69) is 4.98 Å². The summed E-state index contributed by atoms with van der Waals surface area (Å²) in [5, 5.41) is 0. The van der Waals surface area contributed by atoms with E-state index in [1.807, 2.05) is 66.2 Å².